The van der Waals surface area contributed by atoms with Gasteiger partial charge in [-0.1, -0.05) is 35.0 Å². The Balaban J connectivity index is 2.08. The van der Waals surface area contributed by atoms with Crippen LogP contribution in [0.2, 0.25) is 0 Å². The molecule has 2 rings (SSSR count). The van der Waals surface area contributed by atoms with Crippen LogP contribution in [-0.2, 0) is 0 Å². The number of likely N-dealkylation sites (N-methyl/N-ethyl adjacent to an activating group) is 1. The molecule has 1 heterocycles. The van der Waals surface area contributed by atoms with Crippen molar-refractivity contribution in [3.8, 4) is 0 Å². The van der Waals surface area contributed by atoms with Crippen molar-refractivity contribution in [2.45, 2.75) is 38.8 Å². The lowest BCUT2D eigenvalue weighted by Crippen LogP contribution is -2.45. The highest BCUT2D eigenvalue weighted by Crippen LogP contribution is 2.28. The van der Waals surface area contributed by atoms with Crippen molar-refractivity contribution < 1.29 is 0 Å². The van der Waals surface area contributed by atoms with Crippen molar-refractivity contribution in [3.05, 3.63) is 33.8 Å². The first-order valence-electron chi connectivity index (χ1n) is 7.97. The molecule has 0 radical (unpaired) electrons. The topological polar surface area (TPSA) is 32.5 Å². The Bertz CT molecular complexity index is 455. The first-order valence-corrected chi connectivity index (χ1v) is 8.76. The van der Waals surface area contributed by atoms with Gasteiger partial charge in [0.05, 0.1) is 0 Å². The van der Waals surface area contributed by atoms with E-state index in [1.54, 1.807) is 0 Å². The predicted molar refractivity (Wildman–Crippen MR) is 93.6 cm³/mol. The molecule has 1 saturated heterocycles. The Morgan fingerprint density at radius 3 is 2.57 bits per heavy atom. The molecule has 21 heavy (non-hydrogen) atoms. The Morgan fingerprint density at radius 2 is 2.05 bits per heavy atom. The van der Waals surface area contributed by atoms with Crippen LogP contribution in [0.25, 0.3) is 0 Å². The van der Waals surface area contributed by atoms with Crippen LogP contribution >= 0.6 is 15.9 Å². The molecule has 1 aliphatic heterocycles. The van der Waals surface area contributed by atoms with Crippen molar-refractivity contribution in [1.82, 2.24) is 9.80 Å². The van der Waals surface area contributed by atoms with Gasteiger partial charge in [0.15, 0.2) is 0 Å². The number of piperidine rings is 1. The van der Waals surface area contributed by atoms with Crippen LogP contribution in [-0.4, -0.2) is 49.1 Å². The lowest BCUT2D eigenvalue weighted by Gasteiger charge is -2.40. The van der Waals surface area contributed by atoms with Crippen LogP contribution in [0.1, 0.15) is 36.9 Å². The summed E-state index contributed by atoms with van der Waals surface area (Å²) in [5, 5.41) is 0. The van der Waals surface area contributed by atoms with E-state index in [0.29, 0.717) is 18.6 Å². The summed E-state index contributed by atoms with van der Waals surface area (Å²) in [4.78, 5) is 5.03. The van der Waals surface area contributed by atoms with Crippen LogP contribution in [0.15, 0.2) is 22.7 Å². The van der Waals surface area contributed by atoms with Crippen molar-refractivity contribution in [1.29, 1.82) is 0 Å². The lowest BCUT2D eigenvalue weighted by atomic mass is 9.97. The van der Waals surface area contributed by atoms with Crippen molar-refractivity contribution in [2.75, 3.05) is 33.2 Å². The standard InChI is InChI=1S/C17H28BrN3/c1-4-21-9-7-15(8-10-21)20(3)17(12-19)14-5-6-16(18)13(2)11-14/h5-6,11,15,17H,4,7-10,12,19H2,1-3H3. The third kappa shape index (κ3) is 4.07. The molecule has 0 bridgehead atoms. The van der Waals surface area contributed by atoms with E-state index >= 15 is 0 Å². The van der Waals surface area contributed by atoms with Gasteiger partial charge in [-0.25, -0.2) is 0 Å². The fourth-order valence-electron chi connectivity index (χ4n) is 3.31. The average Bonchev–Trinajstić information content (AvgIpc) is 2.51. The molecule has 3 nitrogen and oxygen atoms in total. The molecule has 0 saturated carbocycles. The molecule has 1 atom stereocenters. The highest BCUT2D eigenvalue weighted by Gasteiger charge is 2.26. The summed E-state index contributed by atoms with van der Waals surface area (Å²) in [6.45, 7) is 8.65. The zero-order valence-corrected chi connectivity index (χ0v) is 15.1. The number of halogens is 1. The first kappa shape index (κ1) is 16.9. The van der Waals surface area contributed by atoms with Crippen LogP contribution in [0, 0.1) is 6.92 Å². The summed E-state index contributed by atoms with van der Waals surface area (Å²) >= 11 is 3.58. The maximum Gasteiger partial charge on any atom is 0.0470 e. The van der Waals surface area contributed by atoms with Gasteiger partial charge in [0.25, 0.3) is 0 Å². The number of nitrogens with two attached hydrogens (primary N) is 1. The molecular formula is C17H28BrN3. The maximum absolute atomic E-state index is 6.09. The van der Waals surface area contributed by atoms with E-state index in [2.05, 4.69) is 64.8 Å². The number of rotatable bonds is 5. The number of aryl methyl sites for hydroxylation is 1. The number of likely N-dealkylation sites (tertiary alicyclic amines) is 1. The zero-order valence-electron chi connectivity index (χ0n) is 13.5. The summed E-state index contributed by atoms with van der Waals surface area (Å²) in [5.41, 5.74) is 8.70. The van der Waals surface area contributed by atoms with Gasteiger partial charge in [-0.2, -0.15) is 0 Å². The second kappa shape index (κ2) is 7.73. The van der Waals surface area contributed by atoms with Crippen LogP contribution < -0.4 is 5.73 Å². The Hall–Kier alpha value is -0.420. The van der Waals surface area contributed by atoms with E-state index in [1.165, 1.54) is 48.1 Å². The molecular weight excluding hydrogens is 326 g/mol. The average molecular weight is 354 g/mol. The van der Waals surface area contributed by atoms with Gasteiger partial charge in [0, 0.05) is 23.1 Å². The summed E-state index contributed by atoms with van der Waals surface area (Å²) in [7, 11) is 2.24. The molecule has 4 heteroatoms. The quantitative estimate of drug-likeness (QED) is 0.882. The van der Waals surface area contributed by atoms with Gasteiger partial charge in [0.2, 0.25) is 0 Å². The Labute approximate surface area is 137 Å². The molecule has 0 amide bonds. The maximum atomic E-state index is 6.09. The second-order valence-corrected chi connectivity index (χ2v) is 6.95. The molecule has 1 aromatic carbocycles. The van der Waals surface area contributed by atoms with E-state index in [0.717, 1.165) is 0 Å². The van der Waals surface area contributed by atoms with Gasteiger partial charge in [-0.05, 0) is 63.6 Å². The number of nitrogens with zero attached hydrogens (tertiary/aromatic N) is 2. The fraction of sp³-hybridized carbons (Fsp3) is 0.647. The van der Waals surface area contributed by atoms with Gasteiger partial charge in [-0.15, -0.1) is 0 Å². The van der Waals surface area contributed by atoms with Gasteiger partial charge >= 0.3 is 0 Å². The van der Waals surface area contributed by atoms with E-state index < -0.39 is 0 Å². The van der Waals surface area contributed by atoms with Crippen LogP contribution in [0.3, 0.4) is 0 Å². The lowest BCUT2D eigenvalue weighted by molar-refractivity contribution is 0.101. The van der Waals surface area contributed by atoms with E-state index in [-0.39, 0.29) is 0 Å². The SMILES string of the molecule is CCN1CCC(N(C)C(CN)c2ccc(Br)c(C)c2)CC1. The number of benzene rings is 1. The molecule has 0 spiro atoms. The minimum absolute atomic E-state index is 0.315. The number of hydrogen-bond acceptors (Lipinski definition) is 3. The summed E-state index contributed by atoms with van der Waals surface area (Å²) in [5.74, 6) is 0. The fourth-order valence-corrected chi connectivity index (χ4v) is 3.56. The Kier molecular flexibility index (Phi) is 6.23. The Morgan fingerprint density at radius 1 is 1.38 bits per heavy atom. The smallest absolute Gasteiger partial charge is 0.0470 e. The van der Waals surface area contributed by atoms with Crippen molar-refractivity contribution >= 4 is 15.9 Å². The molecule has 2 N–H and O–H groups in total. The van der Waals surface area contributed by atoms with Crippen molar-refractivity contribution in [3.63, 3.8) is 0 Å². The molecule has 1 aromatic rings. The third-order valence-corrected chi connectivity index (χ3v) is 5.75. The summed E-state index contributed by atoms with van der Waals surface area (Å²) in [6, 6.07) is 7.56. The van der Waals surface area contributed by atoms with Gasteiger partial charge < -0.3 is 10.6 Å². The van der Waals surface area contributed by atoms with E-state index in [9.17, 15) is 0 Å². The zero-order chi connectivity index (χ0) is 15.4. The van der Waals surface area contributed by atoms with Crippen molar-refractivity contribution in [2.24, 2.45) is 5.73 Å². The monoisotopic (exact) mass is 353 g/mol. The predicted octanol–water partition coefficient (Wildman–Crippen LogP) is 3.17. The number of hydrogen-bond donors (Lipinski definition) is 1. The summed E-state index contributed by atoms with van der Waals surface area (Å²) in [6.07, 6.45) is 2.49. The highest BCUT2D eigenvalue weighted by atomic mass is 79.9. The normalized spacial score (nSPS) is 19.1. The molecule has 0 aromatic heterocycles. The molecule has 0 aliphatic carbocycles. The van der Waals surface area contributed by atoms with Crippen LogP contribution in [0.4, 0.5) is 0 Å². The first-order chi connectivity index (χ1) is 10.1. The highest BCUT2D eigenvalue weighted by molar-refractivity contribution is 9.10. The molecule has 1 aliphatic rings. The second-order valence-electron chi connectivity index (χ2n) is 6.09. The molecule has 118 valence electrons. The third-order valence-electron chi connectivity index (χ3n) is 4.86. The minimum Gasteiger partial charge on any atom is -0.329 e. The van der Waals surface area contributed by atoms with Gasteiger partial charge in [0.1, 0.15) is 0 Å². The molecule has 1 unspecified atom stereocenters. The minimum atomic E-state index is 0.315. The molecule has 1 fully saturated rings. The van der Waals surface area contributed by atoms with E-state index in [4.69, 9.17) is 5.73 Å². The van der Waals surface area contributed by atoms with E-state index in [1.807, 2.05) is 0 Å². The van der Waals surface area contributed by atoms with Crippen LogP contribution in [0.5, 0.6) is 0 Å². The largest absolute Gasteiger partial charge is 0.329 e. The summed E-state index contributed by atoms with van der Waals surface area (Å²) < 4.78 is 1.17. The van der Waals surface area contributed by atoms with Gasteiger partial charge in [-0.3, -0.25) is 4.90 Å².